The van der Waals surface area contributed by atoms with Crippen LogP contribution in [0.4, 0.5) is 5.69 Å². The van der Waals surface area contributed by atoms with Crippen molar-refractivity contribution < 1.29 is 13.2 Å². The number of nitrogens with one attached hydrogen (secondary N) is 1. The number of rotatable bonds is 5. The van der Waals surface area contributed by atoms with Crippen LogP contribution in [0.1, 0.15) is 23.4 Å². The average Bonchev–Trinajstić information content (AvgIpc) is 2.70. The number of hydrogen-bond acceptors (Lipinski definition) is 4. The van der Waals surface area contributed by atoms with E-state index in [2.05, 4.69) is 10.4 Å². The van der Waals surface area contributed by atoms with Crippen molar-refractivity contribution in [1.82, 2.24) is 9.78 Å². The highest BCUT2D eigenvalue weighted by atomic mass is 32.2. The Kier molecular flexibility index (Phi) is 4.89. The average molecular weight is 335 g/mol. The smallest absolute Gasteiger partial charge is 0.224 e. The fraction of sp³-hybridized carbons (Fsp3) is 0.375. The molecule has 0 aliphatic rings. The Morgan fingerprint density at radius 3 is 2.30 bits per heavy atom. The lowest BCUT2D eigenvalue weighted by atomic mass is 10.1. The summed E-state index contributed by atoms with van der Waals surface area (Å²) in [5, 5.41) is 7.11. The van der Waals surface area contributed by atoms with Gasteiger partial charge in [-0.05, 0) is 50.1 Å². The van der Waals surface area contributed by atoms with Gasteiger partial charge in [-0.15, -0.1) is 0 Å². The van der Waals surface area contributed by atoms with E-state index in [0.29, 0.717) is 18.5 Å². The van der Waals surface area contributed by atoms with Crippen molar-refractivity contribution in [2.75, 3.05) is 11.6 Å². The topological polar surface area (TPSA) is 81.1 Å². The van der Waals surface area contributed by atoms with Crippen molar-refractivity contribution in [3.8, 4) is 0 Å². The molecule has 0 saturated heterocycles. The Hall–Kier alpha value is -2.15. The maximum Gasteiger partial charge on any atom is 0.224 e. The van der Waals surface area contributed by atoms with Crippen molar-refractivity contribution in [1.29, 1.82) is 0 Å². The van der Waals surface area contributed by atoms with E-state index in [1.807, 2.05) is 25.6 Å². The number of carbonyl (C=O) groups is 1. The zero-order valence-corrected chi connectivity index (χ0v) is 14.6. The van der Waals surface area contributed by atoms with E-state index in [1.165, 1.54) is 12.1 Å². The van der Waals surface area contributed by atoms with Gasteiger partial charge >= 0.3 is 0 Å². The summed E-state index contributed by atoms with van der Waals surface area (Å²) in [5.74, 6) is -0.111. The molecule has 7 heteroatoms. The first-order valence-electron chi connectivity index (χ1n) is 7.27. The molecular formula is C16H21N3O3S. The molecule has 0 aliphatic heterocycles. The summed E-state index contributed by atoms with van der Waals surface area (Å²) in [4.78, 5) is 12.3. The highest BCUT2D eigenvalue weighted by Gasteiger charge is 2.12. The predicted octanol–water partition coefficient (Wildman–Crippen LogP) is 2.01. The van der Waals surface area contributed by atoms with Crippen LogP contribution in [0, 0.1) is 13.8 Å². The van der Waals surface area contributed by atoms with Gasteiger partial charge in [0, 0.05) is 31.1 Å². The lowest BCUT2D eigenvalue weighted by molar-refractivity contribution is -0.116. The number of aryl methyl sites for hydroxylation is 2. The van der Waals surface area contributed by atoms with E-state index in [1.54, 1.807) is 12.1 Å². The molecule has 2 aromatic rings. The quantitative estimate of drug-likeness (QED) is 0.906. The van der Waals surface area contributed by atoms with Crippen LogP contribution in [-0.4, -0.2) is 30.4 Å². The van der Waals surface area contributed by atoms with E-state index in [-0.39, 0.29) is 10.8 Å². The van der Waals surface area contributed by atoms with E-state index in [4.69, 9.17) is 0 Å². The highest BCUT2D eigenvalue weighted by Crippen LogP contribution is 2.16. The molecule has 1 amide bonds. The number of amides is 1. The van der Waals surface area contributed by atoms with Crippen molar-refractivity contribution in [3.63, 3.8) is 0 Å². The van der Waals surface area contributed by atoms with Gasteiger partial charge in [0.1, 0.15) is 0 Å². The number of sulfone groups is 1. The number of hydrogen-bond donors (Lipinski definition) is 1. The standard InChI is InChI=1S/C16H21N3O3S/c1-11-15(12(2)19(3)18-11)9-10-16(20)17-13-5-7-14(8-6-13)23(4,21)22/h5-8H,9-10H2,1-4H3,(H,17,20). The van der Waals surface area contributed by atoms with Crippen LogP contribution in [0.25, 0.3) is 0 Å². The Morgan fingerprint density at radius 1 is 1.22 bits per heavy atom. The van der Waals surface area contributed by atoms with Crippen LogP contribution in [0.3, 0.4) is 0 Å². The Labute approximate surface area is 136 Å². The number of nitrogens with zero attached hydrogens (tertiary/aromatic N) is 2. The molecule has 1 N–H and O–H groups in total. The molecule has 0 bridgehead atoms. The minimum atomic E-state index is -3.22. The second-order valence-electron chi connectivity index (χ2n) is 5.62. The molecular weight excluding hydrogens is 314 g/mol. The summed E-state index contributed by atoms with van der Waals surface area (Å²) in [6, 6.07) is 6.16. The van der Waals surface area contributed by atoms with Crippen molar-refractivity contribution in [2.24, 2.45) is 7.05 Å². The minimum Gasteiger partial charge on any atom is -0.326 e. The molecule has 1 aromatic heterocycles. The fourth-order valence-electron chi connectivity index (χ4n) is 2.43. The minimum absolute atomic E-state index is 0.111. The van der Waals surface area contributed by atoms with Crippen molar-refractivity contribution >= 4 is 21.4 Å². The predicted molar refractivity (Wildman–Crippen MR) is 89.2 cm³/mol. The molecule has 124 valence electrons. The monoisotopic (exact) mass is 335 g/mol. The molecule has 0 saturated carbocycles. The Balaban J connectivity index is 1.97. The first-order chi connectivity index (χ1) is 10.7. The number of carbonyl (C=O) groups excluding carboxylic acids is 1. The molecule has 23 heavy (non-hydrogen) atoms. The summed E-state index contributed by atoms with van der Waals surface area (Å²) in [7, 11) is -1.34. The van der Waals surface area contributed by atoms with E-state index in [9.17, 15) is 13.2 Å². The zero-order valence-electron chi connectivity index (χ0n) is 13.8. The fourth-order valence-corrected chi connectivity index (χ4v) is 3.06. The SMILES string of the molecule is Cc1nn(C)c(C)c1CCC(=O)Nc1ccc(S(C)(=O)=O)cc1. The second-order valence-corrected chi connectivity index (χ2v) is 7.63. The molecule has 0 aliphatic carbocycles. The van der Waals surface area contributed by atoms with Gasteiger partial charge < -0.3 is 5.32 Å². The lowest BCUT2D eigenvalue weighted by Crippen LogP contribution is -2.13. The van der Waals surface area contributed by atoms with Gasteiger partial charge in [-0.1, -0.05) is 0 Å². The van der Waals surface area contributed by atoms with Gasteiger partial charge in [-0.2, -0.15) is 5.10 Å². The van der Waals surface area contributed by atoms with Crippen molar-refractivity contribution in [3.05, 3.63) is 41.2 Å². The van der Waals surface area contributed by atoms with Gasteiger partial charge in [-0.25, -0.2) is 8.42 Å². The second kappa shape index (κ2) is 6.54. The molecule has 1 heterocycles. The van der Waals surface area contributed by atoms with Crippen LogP contribution in [0.2, 0.25) is 0 Å². The van der Waals surface area contributed by atoms with Crippen LogP contribution in [0.15, 0.2) is 29.2 Å². The molecule has 2 rings (SSSR count). The summed E-state index contributed by atoms with van der Waals surface area (Å²) in [5.41, 5.74) is 3.68. The first-order valence-corrected chi connectivity index (χ1v) is 9.16. The third-order valence-corrected chi connectivity index (χ3v) is 4.96. The maximum atomic E-state index is 12.0. The van der Waals surface area contributed by atoms with Crippen LogP contribution in [0.5, 0.6) is 0 Å². The number of benzene rings is 1. The van der Waals surface area contributed by atoms with E-state index < -0.39 is 9.84 Å². The van der Waals surface area contributed by atoms with Crippen LogP contribution in [-0.2, 0) is 28.1 Å². The normalized spacial score (nSPS) is 11.5. The molecule has 0 spiro atoms. The van der Waals surface area contributed by atoms with Gasteiger partial charge in [-0.3, -0.25) is 9.48 Å². The summed E-state index contributed by atoms with van der Waals surface area (Å²) >= 11 is 0. The van der Waals surface area contributed by atoms with Gasteiger partial charge in [0.05, 0.1) is 10.6 Å². The van der Waals surface area contributed by atoms with Crippen molar-refractivity contribution in [2.45, 2.75) is 31.6 Å². The third kappa shape index (κ3) is 4.19. The number of aromatic nitrogens is 2. The Bertz CT molecular complexity index is 821. The maximum absolute atomic E-state index is 12.0. The number of anilines is 1. The molecule has 0 radical (unpaired) electrons. The largest absolute Gasteiger partial charge is 0.326 e. The Morgan fingerprint density at radius 2 is 1.83 bits per heavy atom. The summed E-state index contributed by atoms with van der Waals surface area (Å²) in [6.45, 7) is 3.92. The van der Waals surface area contributed by atoms with Gasteiger partial charge in [0.25, 0.3) is 0 Å². The molecule has 0 unspecified atom stereocenters. The zero-order chi connectivity index (χ0) is 17.2. The van der Waals surface area contributed by atoms with Gasteiger partial charge in [0.2, 0.25) is 5.91 Å². The van der Waals surface area contributed by atoms with Crippen LogP contribution < -0.4 is 5.32 Å². The molecule has 0 atom stereocenters. The van der Waals surface area contributed by atoms with Crippen LogP contribution >= 0.6 is 0 Å². The van der Waals surface area contributed by atoms with E-state index in [0.717, 1.165) is 23.2 Å². The molecule has 6 nitrogen and oxygen atoms in total. The molecule has 0 fully saturated rings. The highest BCUT2D eigenvalue weighted by molar-refractivity contribution is 7.90. The molecule has 1 aromatic carbocycles. The summed E-state index contributed by atoms with van der Waals surface area (Å²) in [6.07, 6.45) is 2.12. The third-order valence-electron chi connectivity index (χ3n) is 3.83. The first kappa shape index (κ1) is 17.2. The lowest BCUT2D eigenvalue weighted by Gasteiger charge is -2.06. The van der Waals surface area contributed by atoms with E-state index >= 15 is 0 Å². The summed E-state index contributed by atoms with van der Waals surface area (Å²) < 4.78 is 24.6. The van der Waals surface area contributed by atoms with Gasteiger partial charge in [0.15, 0.2) is 9.84 Å².